The number of allylic oxidation sites excluding steroid dienone is 8. The van der Waals surface area contributed by atoms with Gasteiger partial charge in [0.25, 0.3) is 0 Å². The molecule has 4 aliphatic rings. The number of hydrogen-bond donors (Lipinski definition) is 0. The Morgan fingerprint density at radius 1 is 0.760 bits per heavy atom. The summed E-state index contributed by atoms with van der Waals surface area (Å²) in [6.45, 7) is 2.57. The molecule has 0 saturated heterocycles. The Labute approximate surface area is 300 Å². The molecule has 242 valence electrons. The molecule has 0 fully saturated rings. The number of rotatable bonds is 5. The van der Waals surface area contributed by atoms with Gasteiger partial charge in [-0.3, -0.25) is 0 Å². The highest BCUT2D eigenvalue weighted by atomic mass is 32.1. The number of fused-ring (bicyclic) bond motifs is 8. The monoisotopic (exact) mass is 677 g/mol. The molecule has 0 amide bonds. The molecule has 3 aliphatic carbocycles. The van der Waals surface area contributed by atoms with Gasteiger partial charge in [-0.2, -0.15) is 0 Å². The van der Waals surface area contributed by atoms with Gasteiger partial charge in [0.1, 0.15) is 8.80 Å². The fourth-order valence-corrected chi connectivity index (χ4v) is 13.2. The van der Waals surface area contributed by atoms with Crippen molar-refractivity contribution in [3.05, 3.63) is 173 Å². The van der Waals surface area contributed by atoms with E-state index in [0.29, 0.717) is 5.92 Å². The van der Waals surface area contributed by atoms with E-state index < -0.39 is 8.80 Å². The van der Waals surface area contributed by atoms with Crippen LogP contribution in [-0.2, 0) is 6.42 Å². The standard InChI is InChI=1S/C47H39NSSi/c1-50-44-28-27-40-39-17-7-8-20-43(39)49-46(40)45(44)41-18-10-19-42(47(41)50)48(38-16-9-15-35(30-38)31-11-3-2-4-12-31)37-25-23-33(24-26-37)36-22-21-32-13-5-6-14-34(32)29-36/h2-7,9-14,16-19,21-23,25,27-30,35,50H,8,15,20,24,26H2,1H3. The quantitative estimate of drug-likeness (QED) is 0.164. The molecule has 50 heavy (non-hydrogen) atoms. The van der Waals surface area contributed by atoms with Gasteiger partial charge in [0.15, 0.2) is 0 Å². The first-order valence-electron chi connectivity index (χ1n) is 18.2. The Kier molecular flexibility index (Phi) is 7.25. The fourth-order valence-electron chi connectivity index (χ4n) is 8.89. The topological polar surface area (TPSA) is 3.24 Å². The molecule has 1 nitrogen and oxygen atoms in total. The molecule has 6 aromatic rings. The lowest BCUT2D eigenvalue weighted by atomic mass is 9.90. The molecule has 2 unspecified atom stereocenters. The first-order chi connectivity index (χ1) is 24.7. The van der Waals surface area contributed by atoms with Crippen LogP contribution >= 0.6 is 11.3 Å². The largest absolute Gasteiger partial charge is 0.315 e. The van der Waals surface area contributed by atoms with Crippen LogP contribution in [-0.4, -0.2) is 8.80 Å². The minimum atomic E-state index is -1.47. The van der Waals surface area contributed by atoms with Gasteiger partial charge in [-0.15, -0.1) is 11.3 Å². The summed E-state index contributed by atoms with van der Waals surface area (Å²) in [5, 5.41) is 7.25. The third-order valence-electron chi connectivity index (χ3n) is 11.4. The molecule has 2 heterocycles. The summed E-state index contributed by atoms with van der Waals surface area (Å²) in [7, 11) is -1.47. The molecular weight excluding hydrogens is 639 g/mol. The maximum Gasteiger partial charge on any atom is 0.104 e. The normalized spacial score (nSPS) is 19.1. The maximum absolute atomic E-state index is 2.65. The van der Waals surface area contributed by atoms with Gasteiger partial charge < -0.3 is 4.90 Å². The summed E-state index contributed by atoms with van der Waals surface area (Å²) >= 11 is 2.05. The zero-order valence-corrected chi connectivity index (χ0v) is 30.4. The van der Waals surface area contributed by atoms with E-state index >= 15 is 0 Å². The van der Waals surface area contributed by atoms with Crippen molar-refractivity contribution in [2.75, 3.05) is 4.90 Å². The molecule has 0 radical (unpaired) electrons. The molecule has 0 bridgehead atoms. The zero-order chi connectivity index (χ0) is 33.2. The van der Waals surface area contributed by atoms with Crippen molar-refractivity contribution in [3.8, 4) is 11.1 Å². The summed E-state index contributed by atoms with van der Waals surface area (Å²) in [5.41, 5.74) is 12.7. The summed E-state index contributed by atoms with van der Waals surface area (Å²) in [6, 6.07) is 38.8. The van der Waals surface area contributed by atoms with Crippen LogP contribution in [0.25, 0.3) is 43.6 Å². The van der Waals surface area contributed by atoms with Crippen molar-refractivity contribution in [1.29, 1.82) is 0 Å². The smallest absolute Gasteiger partial charge is 0.104 e. The molecule has 2 atom stereocenters. The Morgan fingerprint density at radius 2 is 1.64 bits per heavy atom. The van der Waals surface area contributed by atoms with Crippen LogP contribution in [0.2, 0.25) is 6.55 Å². The number of anilines is 1. The first-order valence-corrected chi connectivity index (χ1v) is 21.3. The minimum Gasteiger partial charge on any atom is -0.315 e. The van der Waals surface area contributed by atoms with Crippen molar-refractivity contribution in [2.45, 2.75) is 44.6 Å². The molecule has 10 rings (SSSR count). The second-order valence-electron chi connectivity index (χ2n) is 14.2. The van der Waals surface area contributed by atoms with Crippen molar-refractivity contribution in [1.82, 2.24) is 0 Å². The van der Waals surface area contributed by atoms with Gasteiger partial charge in [-0.25, -0.2) is 0 Å². The lowest BCUT2D eigenvalue weighted by Gasteiger charge is -2.34. The number of aryl methyl sites for hydroxylation is 1. The van der Waals surface area contributed by atoms with Crippen LogP contribution in [0.3, 0.4) is 0 Å². The molecule has 0 saturated carbocycles. The van der Waals surface area contributed by atoms with Gasteiger partial charge in [0.2, 0.25) is 0 Å². The average molecular weight is 678 g/mol. The SMILES string of the molecule is C[SiH]1c2ccc3c4c(sc3c2-c2cccc(N(C3=CC(c5ccccc5)CC=C3)C3=CC=C(c5ccc6ccccc6c5)CC3)c21)CCC=C4. The van der Waals surface area contributed by atoms with Crippen LogP contribution in [0.1, 0.15) is 53.2 Å². The second-order valence-corrected chi connectivity index (χ2v) is 18.0. The first kappa shape index (κ1) is 29.9. The molecular formula is C47H39NSSi. The van der Waals surface area contributed by atoms with Crippen molar-refractivity contribution in [2.24, 2.45) is 0 Å². The highest BCUT2D eigenvalue weighted by molar-refractivity contribution is 7.20. The summed E-state index contributed by atoms with van der Waals surface area (Å²) in [4.78, 5) is 4.20. The van der Waals surface area contributed by atoms with Gasteiger partial charge in [-0.1, -0.05) is 128 Å². The molecule has 3 heteroatoms. The van der Waals surface area contributed by atoms with Crippen molar-refractivity contribution >= 4 is 68.7 Å². The Morgan fingerprint density at radius 3 is 2.52 bits per heavy atom. The van der Waals surface area contributed by atoms with Crippen LogP contribution in [0, 0.1) is 0 Å². The van der Waals surface area contributed by atoms with E-state index in [9.17, 15) is 0 Å². The Hall–Kier alpha value is -4.96. The average Bonchev–Trinajstić information content (AvgIpc) is 3.71. The Balaban J connectivity index is 1.12. The lowest BCUT2D eigenvalue weighted by Crippen LogP contribution is -2.39. The summed E-state index contributed by atoms with van der Waals surface area (Å²) in [6.07, 6.45) is 22.2. The highest BCUT2D eigenvalue weighted by Crippen LogP contribution is 2.44. The molecule has 5 aromatic carbocycles. The van der Waals surface area contributed by atoms with Gasteiger partial charge in [-0.05, 0) is 111 Å². The highest BCUT2D eigenvalue weighted by Gasteiger charge is 2.35. The van der Waals surface area contributed by atoms with Crippen LogP contribution in [0.15, 0.2) is 151 Å². The number of thiophene rings is 1. The van der Waals surface area contributed by atoms with Crippen LogP contribution in [0.4, 0.5) is 5.69 Å². The molecule has 0 N–H and O–H groups in total. The molecule has 0 spiro atoms. The van der Waals surface area contributed by atoms with Crippen molar-refractivity contribution < 1.29 is 0 Å². The maximum atomic E-state index is 2.65. The van der Waals surface area contributed by atoms with Gasteiger partial charge in [0, 0.05) is 38.0 Å². The van der Waals surface area contributed by atoms with E-state index in [0.717, 1.165) is 25.7 Å². The van der Waals surface area contributed by atoms with Gasteiger partial charge >= 0.3 is 0 Å². The van der Waals surface area contributed by atoms with E-state index in [2.05, 4.69) is 168 Å². The summed E-state index contributed by atoms with van der Waals surface area (Å²) in [5.74, 6) is 0.361. The zero-order valence-electron chi connectivity index (χ0n) is 28.4. The lowest BCUT2D eigenvalue weighted by molar-refractivity contribution is 0.825. The van der Waals surface area contributed by atoms with E-state index in [1.807, 2.05) is 0 Å². The predicted octanol–water partition coefficient (Wildman–Crippen LogP) is 11.2. The van der Waals surface area contributed by atoms with E-state index in [1.54, 1.807) is 15.3 Å². The second kappa shape index (κ2) is 12.1. The third-order valence-corrected chi connectivity index (χ3v) is 15.6. The minimum absolute atomic E-state index is 0.361. The van der Waals surface area contributed by atoms with E-state index in [-0.39, 0.29) is 0 Å². The van der Waals surface area contributed by atoms with Gasteiger partial charge in [0.05, 0.1) is 0 Å². The molecule has 1 aromatic heterocycles. The predicted molar refractivity (Wildman–Crippen MR) is 220 cm³/mol. The molecule has 1 aliphatic heterocycles. The van der Waals surface area contributed by atoms with Crippen LogP contribution in [0.5, 0.6) is 0 Å². The Bertz CT molecular complexity index is 2490. The summed E-state index contributed by atoms with van der Waals surface area (Å²) < 4.78 is 1.50. The fraction of sp³-hybridized carbons (Fsp3) is 0.149. The number of benzene rings is 5. The van der Waals surface area contributed by atoms with E-state index in [1.165, 1.54) is 77.8 Å². The van der Waals surface area contributed by atoms with Crippen molar-refractivity contribution in [3.63, 3.8) is 0 Å². The third kappa shape index (κ3) is 4.86. The van der Waals surface area contributed by atoms with E-state index in [4.69, 9.17) is 0 Å². The number of hydrogen-bond acceptors (Lipinski definition) is 2. The van der Waals surface area contributed by atoms with Crippen LogP contribution < -0.4 is 15.3 Å². The number of nitrogens with zero attached hydrogens (tertiary/aromatic N) is 1.